The first-order chi connectivity index (χ1) is 8.34. The van der Waals surface area contributed by atoms with Crippen molar-refractivity contribution in [3.63, 3.8) is 0 Å². The lowest BCUT2D eigenvalue weighted by Gasteiger charge is -2.23. The average molecular weight is 251 g/mol. The van der Waals surface area contributed by atoms with Gasteiger partial charge in [0.25, 0.3) is 0 Å². The fourth-order valence-electron chi connectivity index (χ4n) is 2.04. The van der Waals surface area contributed by atoms with Crippen molar-refractivity contribution in [2.75, 3.05) is 19.8 Å². The van der Waals surface area contributed by atoms with Crippen molar-refractivity contribution in [3.05, 3.63) is 23.2 Å². The van der Waals surface area contributed by atoms with Gasteiger partial charge in [-0.1, -0.05) is 0 Å². The van der Waals surface area contributed by atoms with Crippen LogP contribution in [0.25, 0.3) is 11.0 Å². The van der Waals surface area contributed by atoms with Crippen LogP contribution in [0.2, 0.25) is 0 Å². The van der Waals surface area contributed by atoms with E-state index in [1.807, 2.05) is 10.6 Å². The van der Waals surface area contributed by atoms with Crippen molar-refractivity contribution in [1.29, 1.82) is 0 Å². The minimum Gasteiger partial charge on any atom is -0.376 e. The van der Waals surface area contributed by atoms with Gasteiger partial charge in [0.2, 0.25) is 0 Å². The third-order valence-corrected chi connectivity index (χ3v) is 3.17. The number of rotatable bonds is 2. The van der Waals surface area contributed by atoms with E-state index in [9.17, 15) is 0 Å². The Labute approximate surface area is 103 Å². The SMILES string of the molecule is S=c1[nH]c2cnccc2n1CC1COCCO1. The molecule has 1 fully saturated rings. The number of aromatic nitrogens is 3. The summed E-state index contributed by atoms with van der Waals surface area (Å²) in [4.78, 5) is 7.20. The maximum atomic E-state index is 5.63. The van der Waals surface area contributed by atoms with Gasteiger partial charge in [0.15, 0.2) is 4.77 Å². The van der Waals surface area contributed by atoms with Gasteiger partial charge in [-0.2, -0.15) is 0 Å². The molecule has 1 N–H and O–H groups in total. The van der Waals surface area contributed by atoms with Crippen LogP contribution in [0, 0.1) is 4.77 Å². The summed E-state index contributed by atoms with van der Waals surface area (Å²) in [6.45, 7) is 2.67. The Morgan fingerprint density at radius 2 is 2.47 bits per heavy atom. The molecule has 90 valence electrons. The van der Waals surface area contributed by atoms with Crippen molar-refractivity contribution in [2.24, 2.45) is 0 Å². The van der Waals surface area contributed by atoms with Crippen LogP contribution in [0.1, 0.15) is 0 Å². The average Bonchev–Trinajstić information content (AvgIpc) is 2.68. The van der Waals surface area contributed by atoms with Crippen molar-refractivity contribution in [2.45, 2.75) is 12.6 Å². The second kappa shape index (κ2) is 4.56. The summed E-state index contributed by atoms with van der Waals surface area (Å²) in [6.07, 6.45) is 3.61. The molecule has 1 saturated heterocycles. The molecule has 5 nitrogen and oxygen atoms in total. The van der Waals surface area contributed by atoms with Crippen LogP contribution in [0.5, 0.6) is 0 Å². The van der Waals surface area contributed by atoms with Crippen molar-refractivity contribution < 1.29 is 9.47 Å². The summed E-state index contributed by atoms with van der Waals surface area (Å²) in [5.74, 6) is 0. The quantitative estimate of drug-likeness (QED) is 0.822. The topological polar surface area (TPSA) is 52.1 Å². The van der Waals surface area contributed by atoms with E-state index in [1.165, 1.54) is 0 Å². The number of nitrogens with zero attached hydrogens (tertiary/aromatic N) is 2. The van der Waals surface area contributed by atoms with Gasteiger partial charge in [0.1, 0.15) is 0 Å². The molecule has 6 heteroatoms. The summed E-state index contributed by atoms with van der Waals surface area (Å²) in [5.41, 5.74) is 2.01. The molecule has 17 heavy (non-hydrogen) atoms. The zero-order valence-corrected chi connectivity index (χ0v) is 10.1. The van der Waals surface area contributed by atoms with Gasteiger partial charge in [-0.15, -0.1) is 0 Å². The molecule has 2 aromatic rings. The van der Waals surface area contributed by atoms with Crippen molar-refractivity contribution in [1.82, 2.24) is 14.5 Å². The van der Waals surface area contributed by atoms with Crippen LogP contribution in [0.15, 0.2) is 18.5 Å². The molecule has 2 aromatic heterocycles. The van der Waals surface area contributed by atoms with Gasteiger partial charge in [-0.25, -0.2) is 0 Å². The number of nitrogens with one attached hydrogen (secondary N) is 1. The number of ether oxygens (including phenoxy) is 2. The van der Waals surface area contributed by atoms with Crippen LogP contribution in [0.4, 0.5) is 0 Å². The first kappa shape index (κ1) is 10.9. The predicted molar refractivity (Wildman–Crippen MR) is 65.5 cm³/mol. The van der Waals surface area contributed by atoms with E-state index in [2.05, 4.69) is 9.97 Å². The highest BCUT2D eigenvalue weighted by molar-refractivity contribution is 7.71. The van der Waals surface area contributed by atoms with Crippen LogP contribution in [-0.4, -0.2) is 40.5 Å². The van der Waals surface area contributed by atoms with Crippen molar-refractivity contribution >= 4 is 23.3 Å². The largest absolute Gasteiger partial charge is 0.376 e. The molecule has 0 spiro atoms. The molecule has 0 radical (unpaired) electrons. The molecule has 0 bridgehead atoms. The summed E-state index contributed by atoms with van der Waals surface area (Å²) >= 11 is 5.30. The minimum atomic E-state index is 0.0719. The van der Waals surface area contributed by atoms with Gasteiger partial charge < -0.3 is 19.0 Å². The Morgan fingerprint density at radius 1 is 1.53 bits per heavy atom. The number of fused-ring (bicyclic) bond motifs is 1. The molecular formula is C11H13N3O2S. The maximum absolute atomic E-state index is 5.63. The van der Waals surface area contributed by atoms with Crippen LogP contribution in [0.3, 0.4) is 0 Å². The summed E-state index contributed by atoms with van der Waals surface area (Å²) in [5, 5.41) is 0. The second-order valence-electron chi connectivity index (χ2n) is 4.00. The zero-order valence-electron chi connectivity index (χ0n) is 9.26. The Hall–Kier alpha value is -1.24. The van der Waals surface area contributed by atoms with E-state index in [0.717, 1.165) is 11.0 Å². The summed E-state index contributed by atoms with van der Waals surface area (Å²) < 4.78 is 13.8. The molecule has 3 heterocycles. The molecule has 3 rings (SSSR count). The monoisotopic (exact) mass is 251 g/mol. The molecule has 0 saturated carbocycles. The van der Waals surface area contributed by atoms with E-state index >= 15 is 0 Å². The third-order valence-electron chi connectivity index (χ3n) is 2.85. The Bertz CT molecular complexity index is 571. The number of aromatic amines is 1. The summed E-state index contributed by atoms with van der Waals surface area (Å²) in [7, 11) is 0. The number of imidazole rings is 1. The number of pyridine rings is 1. The Morgan fingerprint density at radius 3 is 3.29 bits per heavy atom. The molecule has 1 aliphatic rings. The number of H-pyrrole nitrogens is 1. The van der Waals surface area contributed by atoms with Gasteiger partial charge in [-0.05, 0) is 18.3 Å². The summed E-state index contributed by atoms with van der Waals surface area (Å²) in [6, 6.07) is 1.95. The van der Waals surface area contributed by atoms with E-state index < -0.39 is 0 Å². The lowest BCUT2D eigenvalue weighted by Crippen LogP contribution is -2.32. The zero-order chi connectivity index (χ0) is 11.7. The van der Waals surface area contributed by atoms with E-state index in [-0.39, 0.29) is 6.10 Å². The highest BCUT2D eigenvalue weighted by Gasteiger charge is 2.16. The maximum Gasteiger partial charge on any atom is 0.178 e. The van der Waals surface area contributed by atoms with Gasteiger partial charge in [0.05, 0.1) is 49.7 Å². The lowest BCUT2D eigenvalue weighted by molar-refractivity contribution is -0.0933. The standard InChI is InChI=1S/C11H13N3O2S/c17-11-13-9-5-12-2-1-10(9)14(11)6-8-7-15-3-4-16-8/h1-2,5,8H,3-4,6-7H2,(H,13,17). The Balaban J connectivity index is 1.93. The molecule has 1 atom stereocenters. The van der Waals surface area contributed by atoms with Crippen LogP contribution < -0.4 is 0 Å². The smallest absolute Gasteiger partial charge is 0.178 e. The highest BCUT2D eigenvalue weighted by Crippen LogP contribution is 2.14. The number of hydrogen-bond donors (Lipinski definition) is 1. The Kier molecular flexibility index (Phi) is 2.92. The minimum absolute atomic E-state index is 0.0719. The van der Waals surface area contributed by atoms with E-state index in [0.29, 0.717) is 31.1 Å². The van der Waals surface area contributed by atoms with Crippen molar-refractivity contribution in [3.8, 4) is 0 Å². The first-order valence-corrected chi connectivity index (χ1v) is 5.97. The molecule has 0 aliphatic carbocycles. The van der Waals surface area contributed by atoms with Crippen LogP contribution in [-0.2, 0) is 16.0 Å². The predicted octanol–water partition coefficient (Wildman–Crippen LogP) is 1.51. The second-order valence-corrected chi connectivity index (χ2v) is 4.39. The molecule has 0 amide bonds. The van der Waals surface area contributed by atoms with Gasteiger partial charge in [-0.3, -0.25) is 4.98 Å². The first-order valence-electron chi connectivity index (χ1n) is 5.56. The van der Waals surface area contributed by atoms with Gasteiger partial charge in [0, 0.05) is 6.20 Å². The molecular weight excluding hydrogens is 238 g/mol. The lowest BCUT2D eigenvalue weighted by atomic mass is 10.3. The number of hydrogen-bond acceptors (Lipinski definition) is 4. The molecule has 1 aliphatic heterocycles. The normalized spacial score (nSPS) is 20.8. The fourth-order valence-corrected chi connectivity index (χ4v) is 2.32. The third kappa shape index (κ3) is 2.11. The fraction of sp³-hybridized carbons (Fsp3) is 0.455. The van der Waals surface area contributed by atoms with E-state index in [1.54, 1.807) is 12.4 Å². The molecule has 1 unspecified atom stereocenters. The van der Waals surface area contributed by atoms with E-state index in [4.69, 9.17) is 21.7 Å². The van der Waals surface area contributed by atoms with Gasteiger partial charge >= 0.3 is 0 Å². The molecule has 0 aromatic carbocycles. The van der Waals surface area contributed by atoms with Crippen LogP contribution >= 0.6 is 12.2 Å². The highest BCUT2D eigenvalue weighted by atomic mass is 32.1.